The van der Waals surface area contributed by atoms with Crippen LogP contribution < -0.4 is 14.8 Å². The zero-order valence-corrected chi connectivity index (χ0v) is 22.5. The Kier molecular flexibility index (Phi) is 7.21. The minimum absolute atomic E-state index is 0.00762. The van der Waals surface area contributed by atoms with E-state index in [1.807, 2.05) is 29.2 Å². The number of carbonyl (C=O) groups excluding carboxylic acids is 1. The van der Waals surface area contributed by atoms with Crippen LogP contribution in [0.2, 0.25) is 5.02 Å². The van der Waals surface area contributed by atoms with Gasteiger partial charge in [-0.15, -0.1) is 11.3 Å². The number of thiophene rings is 1. The molecule has 0 spiro atoms. The number of carbonyl (C=O) groups is 1. The fourth-order valence-corrected chi connectivity index (χ4v) is 6.51. The van der Waals surface area contributed by atoms with Crippen molar-refractivity contribution < 1.29 is 17.9 Å². The van der Waals surface area contributed by atoms with Gasteiger partial charge < -0.3 is 15.0 Å². The van der Waals surface area contributed by atoms with Gasteiger partial charge in [-0.2, -0.15) is 12.7 Å². The van der Waals surface area contributed by atoms with E-state index in [9.17, 15) is 13.2 Å². The fourth-order valence-electron chi connectivity index (χ4n) is 4.51. The zero-order chi connectivity index (χ0) is 25.4. The molecule has 1 fully saturated rings. The lowest BCUT2D eigenvalue weighted by Crippen LogP contribution is -2.50. The fraction of sp³-hybridized carbons (Fsp3) is 0.417. The van der Waals surface area contributed by atoms with E-state index in [1.165, 1.54) is 14.1 Å². The van der Waals surface area contributed by atoms with Gasteiger partial charge in [0, 0.05) is 86.0 Å². The summed E-state index contributed by atoms with van der Waals surface area (Å²) in [5, 5.41) is 3.85. The van der Waals surface area contributed by atoms with Crippen LogP contribution in [0.1, 0.15) is 10.4 Å². The molecule has 0 bridgehead atoms. The normalized spacial score (nSPS) is 18.0. The second kappa shape index (κ2) is 10.2. The molecular formula is C24H28ClN5O4S2. The molecule has 2 N–H and O–H groups in total. The van der Waals surface area contributed by atoms with Gasteiger partial charge in [0.25, 0.3) is 16.1 Å². The molecule has 0 unspecified atom stereocenters. The van der Waals surface area contributed by atoms with Crippen molar-refractivity contribution >= 4 is 49.3 Å². The predicted octanol–water partition coefficient (Wildman–Crippen LogP) is 2.29. The van der Waals surface area contributed by atoms with Gasteiger partial charge in [-0.1, -0.05) is 11.6 Å². The minimum Gasteiger partial charge on any atom is -0.479 e. The molecule has 1 atom stereocenters. The summed E-state index contributed by atoms with van der Waals surface area (Å²) in [6.07, 6.45) is 2.21. The standard InChI is InChI=1S/C24H28ClN5O4S2/c1-29(2)36(32,33)28-6-3-17-14-20-23(35-17)18(4-5-27-20)19-13-16(25)11-15-12-21(34-22(15)19)24(31)30-9-7-26-8-10-30/h4-5,11,13-14,21,26,28H,3,6-10,12H2,1-2H3/t21-/m1/s1. The highest BCUT2D eigenvalue weighted by Gasteiger charge is 2.35. The summed E-state index contributed by atoms with van der Waals surface area (Å²) >= 11 is 8.07. The number of piperazine rings is 1. The average molecular weight is 550 g/mol. The maximum absolute atomic E-state index is 13.1. The predicted molar refractivity (Wildman–Crippen MR) is 142 cm³/mol. The molecule has 0 saturated carbocycles. The quantitative estimate of drug-likeness (QED) is 0.469. The van der Waals surface area contributed by atoms with Crippen LogP contribution in [0.25, 0.3) is 21.3 Å². The molecule has 2 aromatic heterocycles. The van der Waals surface area contributed by atoms with E-state index in [-0.39, 0.29) is 12.5 Å². The summed E-state index contributed by atoms with van der Waals surface area (Å²) in [6, 6.07) is 7.66. The van der Waals surface area contributed by atoms with Crippen LogP contribution in [0, 0.1) is 0 Å². The summed E-state index contributed by atoms with van der Waals surface area (Å²) in [4.78, 5) is 20.5. The Labute approximate surface area is 219 Å². The summed E-state index contributed by atoms with van der Waals surface area (Å²) in [5.74, 6) is 0.697. The van der Waals surface area contributed by atoms with Crippen LogP contribution >= 0.6 is 22.9 Å². The first kappa shape index (κ1) is 25.4. The highest BCUT2D eigenvalue weighted by atomic mass is 35.5. The first-order chi connectivity index (χ1) is 17.2. The third-order valence-corrected chi connectivity index (χ3v) is 9.36. The van der Waals surface area contributed by atoms with Gasteiger partial charge in [-0.25, -0.2) is 4.72 Å². The van der Waals surface area contributed by atoms with Gasteiger partial charge >= 0.3 is 0 Å². The number of fused-ring (bicyclic) bond motifs is 2. The van der Waals surface area contributed by atoms with Crippen molar-refractivity contribution in [2.24, 2.45) is 0 Å². The Morgan fingerprint density at radius 3 is 2.81 bits per heavy atom. The average Bonchev–Trinajstić information content (AvgIpc) is 3.47. The molecule has 4 heterocycles. The van der Waals surface area contributed by atoms with Crippen LogP contribution in [-0.2, 0) is 27.8 Å². The van der Waals surface area contributed by atoms with Crippen LogP contribution in [0.3, 0.4) is 0 Å². The Morgan fingerprint density at radius 2 is 2.06 bits per heavy atom. The molecule has 192 valence electrons. The van der Waals surface area contributed by atoms with Crippen molar-refractivity contribution in [3.8, 4) is 16.9 Å². The molecule has 5 rings (SSSR count). The SMILES string of the molecule is CN(C)S(=O)(=O)NCCc1cc2nccc(-c3cc(Cl)cc4c3O[C@@H](C(=O)N3CCNCC3)C4)c2s1. The second-order valence-electron chi connectivity index (χ2n) is 9.04. The topological polar surface area (TPSA) is 104 Å². The van der Waals surface area contributed by atoms with Crippen LogP contribution in [0.15, 0.2) is 30.5 Å². The van der Waals surface area contributed by atoms with Gasteiger partial charge in [0.1, 0.15) is 5.75 Å². The molecule has 1 saturated heterocycles. The van der Waals surface area contributed by atoms with E-state index in [0.717, 1.165) is 49.2 Å². The molecule has 12 heteroatoms. The molecule has 9 nitrogen and oxygen atoms in total. The van der Waals surface area contributed by atoms with Gasteiger partial charge in [0.15, 0.2) is 6.10 Å². The Morgan fingerprint density at radius 1 is 1.28 bits per heavy atom. The zero-order valence-electron chi connectivity index (χ0n) is 20.1. The molecule has 2 aliphatic rings. The molecular weight excluding hydrogens is 522 g/mol. The minimum atomic E-state index is -3.48. The van der Waals surface area contributed by atoms with E-state index >= 15 is 0 Å². The number of nitrogens with zero attached hydrogens (tertiary/aromatic N) is 3. The van der Waals surface area contributed by atoms with Crippen molar-refractivity contribution in [3.05, 3.63) is 45.9 Å². The Hall–Kier alpha value is -2.28. The number of hydrogen-bond acceptors (Lipinski definition) is 7. The Bertz CT molecular complexity index is 1400. The smallest absolute Gasteiger partial charge is 0.278 e. The highest BCUT2D eigenvalue weighted by Crippen LogP contribution is 2.44. The number of pyridine rings is 1. The van der Waals surface area contributed by atoms with Crippen molar-refractivity contribution in [1.29, 1.82) is 0 Å². The van der Waals surface area contributed by atoms with E-state index in [1.54, 1.807) is 17.5 Å². The molecule has 36 heavy (non-hydrogen) atoms. The second-order valence-corrected chi connectivity index (χ2v) is 12.6. The van der Waals surface area contributed by atoms with Gasteiger partial charge in [0.2, 0.25) is 0 Å². The summed E-state index contributed by atoms with van der Waals surface area (Å²) in [5.41, 5.74) is 3.51. The van der Waals surface area contributed by atoms with Gasteiger partial charge in [-0.05, 0) is 30.7 Å². The van der Waals surface area contributed by atoms with E-state index in [4.69, 9.17) is 16.3 Å². The lowest BCUT2D eigenvalue weighted by atomic mass is 10.0. The first-order valence-corrected chi connectivity index (χ1v) is 14.4. The van der Waals surface area contributed by atoms with E-state index < -0.39 is 16.3 Å². The molecule has 1 aromatic carbocycles. The number of ether oxygens (including phenoxy) is 1. The third-order valence-electron chi connectivity index (χ3n) is 6.39. The monoisotopic (exact) mass is 549 g/mol. The van der Waals surface area contributed by atoms with Crippen LogP contribution in [0.5, 0.6) is 5.75 Å². The highest BCUT2D eigenvalue weighted by molar-refractivity contribution is 7.87. The first-order valence-electron chi connectivity index (χ1n) is 11.8. The summed E-state index contributed by atoms with van der Waals surface area (Å²) in [6.45, 7) is 3.21. The number of aromatic nitrogens is 1. The number of halogens is 1. The molecule has 0 radical (unpaired) electrons. The van der Waals surface area contributed by atoms with Crippen molar-refractivity contribution in [1.82, 2.24) is 24.2 Å². The van der Waals surface area contributed by atoms with Crippen molar-refractivity contribution in [2.45, 2.75) is 18.9 Å². The number of nitrogens with one attached hydrogen (secondary N) is 2. The molecule has 2 aliphatic heterocycles. The third kappa shape index (κ3) is 5.09. The molecule has 0 aliphatic carbocycles. The van der Waals surface area contributed by atoms with Crippen molar-refractivity contribution in [3.63, 3.8) is 0 Å². The molecule has 3 aromatic rings. The maximum atomic E-state index is 13.1. The number of hydrogen-bond donors (Lipinski definition) is 2. The number of amides is 1. The summed E-state index contributed by atoms with van der Waals surface area (Å²) in [7, 11) is -0.492. The van der Waals surface area contributed by atoms with Gasteiger partial charge in [0.05, 0.1) is 10.2 Å². The largest absolute Gasteiger partial charge is 0.479 e. The lowest BCUT2D eigenvalue weighted by molar-refractivity contribution is -0.138. The van der Waals surface area contributed by atoms with Crippen LogP contribution in [-0.4, -0.2) is 81.4 Å². The lowest BCUT2D eigenvalue weighted by Gasteiger charge is -2.29. The van der Waals surface area contributed by atoms with Crippen molar-refractivity contribution in [2.75, 3.05) is 46.8 Å². The van der Waals surface area contributed by atoms with E-state index in [0.29, 0.717) is 36.7 Å². The maximum Gasteiger partial charge on any atom is 0.278 e. The molecule has 1 amide bonds. The summed E-state index contributed by atoms with van der Waals surface area (Å²) < 4.78 is 35.0. The van der Waals surface area contributed by atoms with Crippen LogP contribution in [0.4, 0.5) is 0 Å². The van der Waals surface area contributed by atoms with Gasteiger partial charge in [-0.3, -0.25) is 9.78 Å². The number of rotatable bonds is 7. The Balaban J connectivity index is 1.42. The van der Waals surface area contributed by atoms with E-state index in [2.05, 4.69) is 15.0 Å². The number of benzene rings is 1.